The molecule has 4 heteroatoms. The van der Waals surface area contributed by atoms with E-state index in [0.29, 0.717) is 12.7 Å². The van der Waals surface area contributed by atoms with Crippen molar-refractivity contribution in [2.45, 2.75) is 70.4 Å². The van der Waals surface area contributed by atoms with Gasteiger partial charge >= 0.3 is 5.97 Å². The summed E-state index contributed by atoms with van der Waals surface area (Å²) in [5, 5.41) is 3.25. The second-order valence-corrected chi connectivity index (χ2v) is 5.68. The molecule has 0 heterocycles. The molecule has 0 aromatic rings. The number of carbonyl (C=O) groups excluding carboxylic acids is 1. The van der Waals surface area contributed by atoms with Crippen LogP contribution < -0.4 is 5.32 Å². The molecule has 1 rings (SSSR count). The highest BCUT2D eigenvalue weighted by atomic mass is 16.5. The van der Waals surface area contributed by atoms with E-state index in [2.05, 4.69) is 12.2 Å². The van der Waals surface area contributed by atoms with E-state index in [4.69, 9.17) is 9.47 Å². The number of carbonyl (C=O) groups is 1. The number of hydrogen-bond donors (Lipinski definition) is 1. The van der Waals surface area contributed by atoms with Crippen molar-refractivity contribution in [2.75, 3.05) is 20.3 Å². The molecule has 1 unspecified atom stereocenters. The lowest BCUT2D eigenvalue weighted by Crippen LogP contribution is -2.54. The molecule has 1 saturated carbocycles. The van der Waals surface area contributed by atoms with E-state index in [9.17, 15) is 4.79 Å². The first-order valence-electron chi connectivity index (χ1n) is 7.57. The number of methoxy groups -OCH3 is 1. The van der Waals surface area contributed by atoms with E-state index in [-0.39, 0.29) is 5.97 Å². The second-order valence-electron chi connectivity index (χ2n) is 5.68. The van der Waals surface area contributed by atoms with E-state index < -0.39 is 5.54 Å². The second kappa shape index (κ2) is 8.54. The fourth-order valence-corrected chi connectivity index (χ4v) is 2.50. The molecule has 4 nitrogen and oxygen atoms in total. The molecule has 0 radical (unpaired) electrons. The summed E-state index contributed by atoms with van der Waals surface area (Å²) in [6.07, 6.45) is 8.61. The zero-order valence-electron chi connectivity index (χ0n) is 12.7. The molecule has 0 saturated heterocycles. The van der Waals surface area contributed by atoms with E-state index in [0.717, 1.165) is 25.8 Å². The first-order valence-corrected chi connectivity index (χ1v) is 7.57. The van der Waals surface area contributed by atoms with Crippen LogP contribution in [0.3, 0.4) is 0 Å². The molecule has 19 heavy (non-hydrogen) atoms. The van der Waals surface area contributed by atoms with Crippen LogP contribution in [0.1, 0.15) is 58.8 Å². The Labute approximate surface area is 117 Å². The highest BCUT2D eigenvalue weighted by Crippen LogP contribution is 2.21. The maximum Gasteiger partial charge on any atom is 0.328 e. The molecule has 1 aliphatic rings. The predicted molar refractivity (Wildman–Crippen MR) is 76.2 cm³/mol. The van der Waals surface area contributed by atoms with Crippen LogP contribution in [0.2, 0.25) is 0 Å². The summed E-state index contributed by atoms with van der Waals surface area (Å²) in [7, 11) is 1.43. The quantitative estimate of drug-likeness (QED) is 0.571. The van der Waals surface area contributed by atoms with Crippen LogP contribution in [0.25, 0.3) is 0 Å². The molecule has 0 amide bonds. The zero-order chi connectivity index (χ0) is 14.1. The minimum absolute atomic E-state index is 0.241. The van der Waals surface area contributed by atoms with Gasteiger partial charge in [-0.3, -0.25) is 0 Å². The highest BCUT2D eigenvalue weighted by molar-refractivity contribution is 5.80. The van der Waals surface area contributed by atoms with Crippen molar-refractivity contribution in [3.05, 3.63) is 0 Å². The summed E-state index contributed by atoms with van der Waals surface area (Å²) in [5.41, 5.74) is -0.725. The fourth-order valence-electron chi connectivity index (χ4n) is 2.50. The Morgan fingerprint density at radius 2 is 1.89 bits per heavy atom. The van der Waals surface area contributed by atoms with Crippen molar-refractivity contribution in [1.29, 1.82) is 0 Å². The minimum atomic E-state index is -0.725. The normalized spacial score (nSPS) is 20.6. The first-order chi connectivity index (χ1) is 9.12. The van der Waals surface area contributed by atoms with Crippen molar-refractivity contribution >= 4 is 5.97 Å². The molecule has 0 aromatic carbocycles. The molecule has 1 fully saturated rings. The number of esters is 1. The van der Waals surface area contributed by atoms with Crippen molar-refractivity contribution in [3.63, 3.8) is 0 Å². The monoisotopic (exact) mass is 271 g/mol. The Hall–Kier alpha value is -0.610. The minimum Gasteiger partial charge on any atom is -0.468 e. The van der Waals surface area contributed by atoms with Crippen LogP contribution in [-0.2, 0) is 14.3 Å². The summed E-state index contributed by atoms with van der Waals surface area (Å²) >= 11 is 0. The number of rotatable bonds is 7. The number of hydrogen-bond acceptors (Lipinski definition) is 4. The van der Waals surface area contributed by atoms with Crippen LogP contribution in [0.5, 0.6) is 0 Å². The Kier molecular flexibility index (Phi) is 7.39. The summed E-state index contributed by atoms with van der Waals surface area (Å²) in [5.74, 6) is -0.241. The third-order valence-corrected chi connectivity index (χ3v) is 3.81. The molecule has 112 valence electrons. The van der Waals surface area contributed by atoms with Gasteiger partial charge in [0.25, 0.3) is 0 Å². The Morgan fingerprint density at radius 1 is 1.26 bits per heavy atom. The first kappa shape index (κ1) is 16.4. The molecular formula is C15H29NO3. The summed E-state index contributed by atoms with van der Waals surface area (Å²) < 4.78 is 10.9. The average molecular weight is 271 g/mol. The van der Waals surface area contributed by atoms with Crippen molar-refractivity contribution in [2.24, 2.45) is 0 Å². The Balaban J connectivity index is 2.48. The number of ether oxygens (including phenoxy) is 2. The smallest absolute Gasteiger partial charge is 0.328 e. The predicted octanol–water partition coefficient (Wildman–Crippen LogP) is 2.66. The summed E-state index contributed by atoms with van der Waals surface area (Å²) in [6.45, 7) is 5.13. The lowest BCUT2D eigenvalue weighted by Gasteiger charge is -2.29. The lowest BCUT2D eigenvalue weighted by molar-refractivity contribution is -0.151. The molecule has 0 spiro atoms. The average Bonchev–Trinajstić information content (AvgIpc) is 2.70. The maximum absolute atomic E-state index is 11.9. The van der Waals surface area contributed by atoms with Gasteiger partial charge in [-0.05, 0) is 32.7 Å². The third-order valence-electron chi connectivity index (χ3n) is 3.81. The van der Waals surface area contributed by atoms with Crippen LogP contribution in [0.15, 0.2) is 0 Å². The largest absolute Gasteiger partial charge is 0.468 e. The highest BCUT2D eigenvalue weighted by Gasteiger charge is 2.35. The maximum atomic E-state index is 11.9. The van der Waals surface area contributed by atoms with Gasteiger partial charge in [0, 0.05) is 0 Å². The molecule has 0 aromatic heterocycles. The number of nitrogens with one attached hydrogen (secondary N) is 1. The van der Waals surface area contributed by atoms with Crippen molar-refractivity contribution in [3.8, 4) is 0 Å². The van der Waals surface area contributed by atoms with E-state index in [1.165, 1.54) is 32.8 Å². The van der Waals surface area contributed by atoms with Gasteiger partial charge in [-0.25, -0.2) is 4.79 Å². The van der Waals surface area contributed by atoms with Gasteiger partial charge in [-0.2, -0.15) is 0 Å². The lowest BCUT2D eigenvalue weighted by atomic mass is 10.0. The van der Waals surface area contributed by atoms with Gasteiger partial charge in [0.05, 0.1) is 19.8 Å². The topological polar surface area (TPSA) is 47.6 Å². The van der Waals surface area contributed by atoms with Gasteiger partial charge in [0.1, 0.15) is 5.54 Å². The van der Waals surface area contributed by atoms with E-state index in [1.54, 1.807) is 0 Å². The third kappa shape index (κ3) is 5.49. The van der Waals surface area contributed by atoms with E-state index >= 15 is 0 Å². The molecule has 1 atom stereocenters. The van der Waals surface area contributed by atoms with Gasteiger partial charge < -0.3 is 14.8 Å². The van der Waals surface area contributed by atoms with Crippen LogP contribution in [-0.4, -0.2) is 37.9 Å². The molecular weight excluding hydrogens is 242 g/mol. The molecule has 1 aliphatic carbocycles. The van der Waals surface area contributed by atoms with Gasteiger partial charge in [-0.15, -0.1) is 0 Å². The molecule has 0 aliphatic heterocycles. The van der Waals surface area contributed by atoms with Crippen molar-refractivity contribution < 1.29 is 14.3 Å². The van der Waals surface area contributed by atoms with Gasteiger partial charge in [-0.1, -0.05) is 32.6 Å². The molecule has 0 bridgehead atoms. The Bertz CT molecular complexity index is 262. The fraction of sp³-hybridized carbons (Fsp3) is 0.933. The Morgan fingerprint density at radius 3 is 2.42 bits per heavy atom. The SMILES string of the molecule is CCCNC(C)(COC1CCCCCC1)C(=O)OC. The van der Waals surface area contributed by atoms with Crippen molar-refractivity contribution in [1.82, 2.24) is 5.32 Å². The van der Waals surface area contributed by atoms with Crippen LogP contribution >= 0.6 is 0 Å². The summed E-state index contributed by atoms with van der Waals surface area (Å²) in [6, 6.07) is 0. The molecule has 1 N–H and O–H groups in total. The van der Waals surface area contributed by atoms with Crippen LogP contribution in [0.4, 0.5) is 0 Å². The van der Waals surface area contributed by atoms with Crippen LogP contribution in [0, 0.1) is 0 Å². The van der Waals surface area contributed by atoms with Gasteiger partial charge in [0.15, 0.2) is 0 Å². The standard InChI is InChI=1S/C15H29NO3/c1-4-11-16-15(2,14(17)18-3)12-19-13-9-7-5-6-8-10-13/h13,16H,4-12H2,1-3H3. The summed E-state index contributed by atoms with van der Waals surface area (Å²) in [4.78, 5) is 11.9. The van der Waals surface area contributed by atoms with Gasteiger partial charge in [0.2, 0.25) is 0 Å². The van der Waals surface area contributed by atoms with E-state index in [1.807, 2.05) is 6.92 Å². The zero-order valence-corrected chi connectivity index (χ0v) is 12.7.